The Morgan fingerprint density at radius 3 is 2.61 bits per heavy atom. The average molecular weight is 315 g/mol. The molecule has 0 aliphatic carbocycles. The van der Waals surface area contributed by atoms with E-state index in [1.165, 1.54) is 30.5 Å². The molecular formula is C15H10FN3O4. The summed E-state index contributed by atoms with van der Waals surface area (Å²) in [6.07, 6.45) is 1.41. The normalized spacial score (nSPS) is 10.5. The third kappa shape index (κ3) is 3.31. The van der Waals surface area contributed by atoms with Gasteiger partial charge < -0.3 is 14.4 Å². The van der Waals surface area contributed by atoms with Crippen molar-refractivity contribution in [1.82, 2.24) is 15.4 Å². The van der Waals surface area contributed by atoms with Gasteiger partial charge in [0.15, 0.2) is 5.69 Å². The van der Waals surface area contributed by atoms with Crippen molar-refractivity contribution in [3.05, 3.63) is 59.7 Å². The smallest absolute Gasteiger partial charge is 0.356 e. The first-order valence-electron chi connectivity index (χ1n) is 6.52. The van der Waals surface area contributed by atoms with Crippen LogP contribution in [0.2, 0.25) is 0 Å². The summed E-state index contributed by atoms with van der Waals surface area (Å²) in [4.78, 5) is 10.7. The number of carbonyl (C=O) groups is 1. The summed E-state index contributed by atoms with van der Waals surface area (Å²) < 4.78 is 23.3. The molecule has 0 aliphatic rings. The van der Waals surface area contributed by atoms with Crippen molar-refractivity contribution in [2.45, 2.75) is 6.61 Å². The number of carboxylic acids is 1. The van der Waals surface area contributed by atoms with E-state index >= 15 is 0 Å². The zero-order valence-electron chi connectivity index (χ0n) is 11.6. The van der Waals surface area contributed by atoms with Crippen LogP contribution in [0.25, 0.3) is 11.3 Å². The second-order valence-electron chi connectivity index (χ2n) is 4.55. The summed E-state index contributed by atoms with van der Waals surface area (Å²) in [5, 5.41) is 19.8. The maximum absolute atomic E-state index is 13.0. The van der Waals surface area contributed by atoms with Gasteiger partial charge in [-0.15, -0.1) is 10.2 Å². The average Bonchev–Trinajstić information content (AvgIpc) is 3.02. The number of carboxylic acid groups (broad SMARTS) is 1. The summed E-state index contributed by atoms with van der Waals surface area (Å²) in [5.74, 6) is -1.34. The van der Waals surface area contributed by atoms with Gasteiger partial charge in [0.2, 0.25) is 5.88 Å². The molecular weight excluding hydrogens is 305 g/mol. The molecule has 0 bridgehead atoms. The number of aromatic carboxylic acids is 1. The Hall–Kier alpha value is -3.29. The van der Waals surface area contributed by atoms with E-state index in [1.54, 1.807) is 12.1 Å². The fourth-order valence-corrected chi connectivity index (χ4v) is 1.87. The van der Waals surface area contributed by atoms with Gasteiger partial charge in [0.05, 0.1) is 5.56 Å². The van der Waals surface area contributed by atoms with Crippen molar-refractivity contribution in [2.75, 3.05) is 0 Å². The Morgan fingerprint density at radius 1 is 1.17 bits per heavy atom. The van der Waals surface area contributed by atoms with Crippen molar-refractivity contribution < 1.29 is 23.6 Å². The summed E-state index contributed by atoms with van der Waals surface area (Å²) >= 11 is 0. The monoisotopic (exact) mass is 315 g/mol. The molecule has 1 N–H and O–H groups in total. The number of halogens is 1. The van der Waals surface area contributed by atoms with E-state index in [0.29, 0.717) is 16.8 Å². The molecule has 3 rings (SSSR count). The minimum absolute atomic E-state index is 0.0946. The van der Waals surface area contributed by atoms with E-state index in [0.717, 1.165) is 0 Å². The molecule has 116 valence electrons. The van der Waals surface area contributed by atoms with Gasteiger partial charge in [-0.05, 0) is 30.3 Å². The fourth-order valence-electron chi connectivity index (χ4n) is 1.87. The number of ether oxygens (including phenoxy) is 1. The standard InChI is InChI=1S/C15H10FN3O4/c16-11-3-1-9(2-4-11)14-10(8-23-19-14)7-22-13-6-5-12(15(20)21)17-18-13/h1-6,8H,7H2,(H,20,21). The molecule has 0 unspecified atom stereocenters. The van der Waals surface area contributed by atoms with Gasteiger partial charge in [0.1, 0.15) is 24.4 Å². The number of hydrogen-bond acceptors (Lipinski definition) is 6. The van der Waals surface area contributed by atoms with Crippen LogP contribution in [0.15, 0.2) is 47.2 Å². The molecule has 3 aromatic rings. The van der Waals surface area contributed by atoms with Crippen LogP contribution < -0.4 is 4.74 Å². The molecule has 0 spiro atoms. The lowest BCUT2D eigenvalue weighted by Crippen LogP contribution is -2.04. The molecule has 8 heteroatoms. The predicted octanol–water partition coefficient (Wildman–Crippen LogP) is 2.55. The van der Waals surface area contributed by atoms with Crippen LogP contribution >= 0.6 is 0 Å². The van der Waals surface area contributed by atoms with E-state index in [1.807, 2.05) is 0 Å². The lowest BCUT2D eigenvalue weighted by Gasteiger charge is -2.04. The highest BCUT2D eigenvalue weighted by atomic mass is 19.1. The molecule has 0 amide bonds. The topological polar surface area (TPSA) is 98.3 Å². The first kappa shape index (κ1) is 14.6. The molecule has 2 heterocycles. The molecule has 2 aromatic heterocycles. The van der Waals surface area contributed by atoms with Crippen LogP contribution in [0, 0.1) is 5.82 Å². The molecule has 0 radical (unpaired) electrons. The second-order valence-corrected chi connectivity index (χ2v) is 4.55. The van der Waals surface area contributed by atoms with Crippen molar-refractivity contribution in [3.63, 3.8) is 0 Å². The Morgan fingerprint density at radius 2 is 1.96 bits per heavy atom. The van der Waals surface area contributed by atoms with Gasteiger partial charge in [0, 0.05) is 11.6 Å². The molecule has 0 atom stereocenters. The number of benzene rings is 1. The van der Waals surface area contributed by atoms with Crippen molar-refractivity contribution >= 4 is 5.97 Å². The molecule has 0 fully saturated rings. The lowest BCUT2D eigenvalue weighted by molar-refractivity contribution is 0.0689. The summed E-state index contributed by atoms with van der Waals surface area (Å²) in [6.45, 7) is 0.0946. The zero-order valence-corrected chi connectivity index (χ0v) is 11.6. The van der Waals surface area contributed by atoms with Crippen molar-refractivity contribution in [1.29, 1.82) is 0 Å². The molecule has 0 aliphatic heterocycles. The maximum Gasteiger partial charge on any atom is 0.356 e. The van der Waals surface area contributed by atoms with Crippen LogP contribution in [0.3, 0.4) is 0 Å². The number of hydrogen-bond donors (Lipinski definition) is 1. The van der Waals surface area contributed by atoms with E-state index in [9.17, 15) is 9.18 Å². The highest BCUT2D eigenvalue weighted by molar-refractivity contribution is 5.84. The maximum atomic E-state index is 13.0. The van der Waals surface area contributed by atoms with Crippen LogP contribution in [-0.4, -0.2) is 26.4 Å². The van der Waals surface area contributed by atoms with Gasteiger partial charge in [0.25, 0.3) is 0 Å². The SMILES string of the molecule is O=C(O)c1ccc(OCc2conc2-c2ccc(F)cc2)nn1. The lowest BCUT2D eigenvalue weighted by atomic mass is 10.1. The quantitative estimate of drug-likeness (QED) is 0.772. The summed E-state index contributed by atoms with van der Waals surface area (Å²) in [5.41, 5.74) is 1.68. The fraction of sp³-hybridized carbons (Fsp3) is 0.0667. The third-order valence-electron chi connectivity index (χ3n) is 3.00. The predicted molar refractivity (Wildman–Crippen MR) is 75.2 cm³/mol. The first-order valence-corrected chi connectivity index (χ1v) is 6.52. The molecule has 0 saturated carbocycles. The first-order chi connectivity index (χ1) is 11.1. The Kier molecular flexibility index (Phi) is 3.96. The third-order valence-corrected chi connectivity index (χ3v) is 3.00. The Bertz CT molecular complexity index is 815. The van der Waals surface area contributed by atoms with E-state index < -0.39 is 5.97 Å². The van der Waals surface area contributed by atoms with Gasteiger partial charge in [-0.3, -0.25) is 0 Å². The zero-order chi connectivity index (χ0) is 16.2. The van der Waals surface area contributed by atoms with E-state index in [2.05, 4.69) is 15.4 Å². The van der Waals surface area contributed by atoms with Crippen LogP contribution in [0.1, 0.15) is 16.1 Å². The van der Waals surface area contributed by atoms with Crippen molar-refractivity contribution in [3.8, 4) is 17.1 Å². The molecule has 1 aromatic carbocycles. The number of nitrogens with zero attached hydrogens (tertiary/aromatic N) is 3. The van der Waals surface area contributed by atoms with Crippen molar-refractivity contribution in [2.24, 2.45) is 0 Å². The molecule has 0 saturated heterocycles. The Balaban J connectivity index is 1.73. The van der Waals surface area contributed by atoms with Crippen LogP contribution in [-0.2, 0) is 6.61 Å². The van der Waals surface area contributed by atoms with Gasteiger partial charge in [-0.25, -0.2) is 9.18 Å². The van der Waals surface area contributed by atoms with Crippen LogP contribution in [0.5, 0.6) is 5.88 Å². The van der Waals surface area contributed by atoms with E-state index in [4.69, 9.17) is 14.4 Å². The minimum atomic E-state index is -1.17. The second kappa shape index (κ2) is 6.22. The highest BCUT2D eigenvalue weighted by Crippen LogP contribution is 2.23. The van der Waals surface area contributed by atoms with Gasteiger partial charge >= 0.3 is 5.97 Å². The summed E-state index contributed by atoms with van der Waals surface area (Å²) in [6, 6.07) is 8.51. The minimum Gasteiger partial charge on any atom is -0.476 e. The highest BCUT2D eigenvalue weighted by Gasteiger charge is 2.12. The Labute approximate surface area is 129 Å². The van der Waals surface area contributed by atoms with E-state index in [-0.39, 0.29) is 24.0 Å². The van der Waals surface area contributed by atoms with Gasteiger partial charge in [-0.2, -0.15) is 0 Å². The van der Waals surface area contributed by atoms with Gasteiger partial charge in [-0.1, -0.05) is 5.16 Å². The molecule has 23 heavy (non-hydrogen) atoms. The number of aromatic nitrogens is 3. The largest absolute Gasteiger partial charge is 0.476 e. The molecule has 7 nitrogen and oxygen atoms in total. The number of rotatable bonds is 5. The van der Waals surface area contributed by atoms with Crippen LogP contribution in [0.4, 0.5) is 4.39 Å². The summed E-state index contributed by atoms with van der Waals surface area (Å²) in [7, 11) is 0.